The van der Waals surface area contributed by atoms with Gasteiger partial charge in [0.15, 0.2) is 5.65 Å². The molecule has 2 aromatic rings. The Balaban J connectivity index is 1.39. The van der Waals surface area contributed by atoms with E-state index in [1.807, 2.05) is 7.05 Å². The molecule has 4 rings (SSSR count). The first-order chi connectivity index (χ1) is 13.1. The predicted octanol–water partition coefficient (Wildman–Crippen LogP) is 1.65. The fourth-order valence-corrected chi connectivity index (χ4v) is 4.59. The average Bonchev–Trinajstić information content (AvgIpc) is 2.86. The summed E-state index contributed by atoms with van der Waals surface area (Å²) in [6.45, 7) is 5.80. The molecule has 146 valence electrons. The lowest BCUT2D eigenvalue weighted by molar-refractivity contribution is -0.132. The minimum atomic E-state index is 0.282. The number of hydrogen-bond acceptors (Lipinski definition) is 6. The van der Waals surface area contributed by atoms with Gasteiger partial charge in [-0.15, -0.1) is 0 Å². The van der Waals surface area contributed by atoms with E-state index in [4.69, 9.17) is 0 Å². The minimum absolute atomic E-state index is 0.282. The van der Waals surface area contributed by atoms with Crippen molar-refractivity contribution in [3.63, 3.8) is 0 Å². The molecule has 0 spiro atoms. The van der Waals surface area contributed by atoms with Crippen LogP contribution < -0.4 is 4.90 Å². The number of amides is 1. The lowest BCUT2D eigenvalue weighted by atomic mass is 10.2. The zero-order valence-corrected chi connectivity index (χ0v) is 17.4. The molecule has 0 atom stereocenters. The Kier molecular flexibility index (Phi) is 5.58. The molecule has 2 aliphatic heterocycles. The highest BCUT2D eigenvalue weighted by Crippen LogP contribution is 2.29. The number of rotatable bonds is 3. The van der Waals surface area contributed by atoms with E-state index in [1.54, 1.807) is 11.0 Å². The Morgan fingerprint density at radius 2 is 1.74 bits per heavy atom. The van der Waals surface area contributed by atoms with Crippen molar-refractivity contribution in [3.8, 4) is 0 Å². The molecule has 2 saturated heterocycles. The number of anilines is 1. The van der Waals surface area contributed by atoms with E-state index in [2.05, 4.69) is 45.7 Å². The summed E-state index contributed by atoms with van der Waals surface area (Å²) in [5.41, 5.74) is 0.825. The highest BCUT2D eigenvalue weighted by molar-refractivity contribution is 9.10. The van der Waals surface area contributed by atoms with E-state index in [1.165, 1.54) is 12.8 Å². The van der Waals surface area contributed by atoms with Gasteiger partial charge in [-0.2, -0.15) is 5.10 Å². The lowest BCUT2D eigenvalue weighted by Crippen LogP contribution is -2.50. The molecular formula is C18H26BrN7O. The molecule has 9 heteroatoms. The monoisotopic (exact) mass is 435 g/mol. The maximum absolute atomic E-state index is 12.6. The number of likely N-dealkylation sites (tertiary alicyclic amines) is 1. The molecule has 0 saturated carbocycles. The molecule has 0 aromatic carbocycles. The zero-order valence-electron chi connectivity index (χ0n) is 15.8. The highest BCUT2D eigenvalue weighted by Gasteiger charge is 2.25. The van der Waals surface area contributed by atoms with E-state index in [0.29, 0.717) is 6.54 Å². The van der Waals surface area contributed by atoms with Crippen molar-refractivity contribution >= 4 is 38.7 Å². The summed E-state index contributed by atoms with van der Waals surface area (Å²) >= 11 is 3.53. The smallest absolute Gasteiger partial charge is 0.236 e. The SMILES string of the molecule is Cn1nc(Br)c2c(N3CCN(CC(=O)N4CCCCCC4)CC3)ncnc21. The van der Waals surface area contributed by atoms with Gasteiger partial charge in [-0.05, 0) is 28.8 Å². The van der Waals surface area contributed by atoms with Gasteiger partial charge in [0.05, 0.1) is 11.9 Å². The molecule has 2 aromatic heterocycles. The van der Waals surface area contributed by atoms with Gasteiger partial charge in [0, 0.05) is 46.3 Å². The second kappa shape index (κ2) is 8.10. The van der Waals surface area contributed by atoms with Gasteiger partial charge in [-0.3, -0.25) is 9.69 Å². The number of carbonyl (C=O) groups is 1. The van der Waals surface area contributed by atoms with Gasteiger partial charge in [0.1, 0.15) is 16.7 Å². The fourth-order valence-electron chi connectivity index (χ4n) is 4.00. The number of halogens is 1. The molecule has 4 heterocycles. The first-order valence-electron chi connectivity index (χ1n) is 9.72. The summed E-state index contributed by atoms with van der Waals surface area (Å²) in [5, 5.41) is 5.36. The van der Waals surface area contributed by atoms with Crippen LogP contribution >= 0.6 is 15.9 Å². The second-order valence-corrected chi connectivity index (χ2v) is 8.12. The summed E-state index contributed by atoms with van der Waals surface area (Å²) in [7, 11) is 1.89. The predicted molar refractivity (Wildman–Crippen MR) is 108 cm³/mol. The van der Waals surface area contributed by atoms with Crippen LogP contribution in [-0.4, -0.2) is 81.3 Å². The third kappa shape index (κ3) is 3.94. The summed E-state index contributed by atoms with van der Waals surface area (Å²) < 4.78 is 2.54. The topological polar surface area (TPSA) is 70.4 Å². The number of piperazine rings is 1. The van der Waals surface area contributed by atoms with E-state index in [9.17, 15) is 4.79 Å². The largest absolute Gasteiger partial charge is 0.353 e. The van der Waals surface area contributed by atoms with Crippen LogP contribution in [0.25, 0.3) is 11.0 Å². The third-order valence-corrected chi connectivity index (χ3v) is 6.10. The molecule has 0 N–H and O–H groups in total. The zero-order chi connectivity index (χ0) is 18.8. The summed E-state index contributed by atoms with van der Waals surface area (Å²) in [6.07, 6.45) is 6.38. The Hall–Kier alpha value is -1.74. The summed E-state index contributed by atoms with van der Waals surface area (Å²) in [5.74, 6) is 1.20. The first-order valence-corrected chi connectivity index (χ1v) is 10.5. The summed E-state index contributed by atoms with van der Waals surface area (Å²) in [4.78, 5) is 28.1. The Morgan fingerprint density at radius 1 is 1.04 bits per heavy atom. The molecule has 0 aliphatic carbocycles. The fraction of sp³-hybridized carbons (Fsp3) is 0.667. The number of fused-ring (bicyclic) bond motifs is 1. The van der Waals surface area contributed by atoms with Crippen LogP contribution in [0.3, 0.4) is 0 Å². The van der Waals surface area contributed by atoms with Crippen molar-refractivity contribution in [2.45, 2.75) is 25.7 Å². The minimum Gasteiger partial charge on any atom is -0.353 e. The highest BCUT2D eigenvalue weighted by atomic mass is 79.9. The van der Waals surface area contributed by atoms with Gasteiger partial charge < -0.3 is 9.80 Å². The van der Waals surface area contributed by atoms with Gasteiger partial charge >= 0.3 is 0 Å². The van der Waals surface area contributed by atoms with Crippen molar-refractivity contribution in [2.75, 3.05) is 50.7 Å². The van der Waals surface area contributed by atoms with Crippen molar-refractivity contribution in [1.29, 1.82) is 0 Å². The van der Waals surface area contributed by atoms with Gasteiger partial charge in [-0.25, -0.2) is 14.6 Å². The Morgan fingerprint density at radius 3 is 2.44 bits per heavy atom. The number of carbonyl (C=O) groups excluding carboxylic acids is 1. The molecule has 1 amide bonds. The van der Waals surface area contributed by atoms with Crippen LogP contribution in [-0.2, 0) is 11.8 Å². The second-order valence-electron chi connectivity index (χ2n) is 7.37. The maximum Gasteiger partial charge on any atom is 0.236 e. The Labute approximate surface area is 167 Å². The van der Waals surface area contributed by atoms with Crippen LogP contribution in [0.15, 0.2) is 10.9 Å². The molecule has 2 aliphatic rings. The average molecular weight is 436 g/mol. The molecule has 0 radical (unpaired) electrons. The molecule has 27 heavy (non-hydrogen) atoms. The van der Waals surface area contributed by atoms with Gasteiger partial charge in [0.2, 0.25) is 5.91 Å². The Bertz CT molecular complexity index is 807. The number of aromatic nitrogens is 4. The van der Waals surface area contributed by atoms with E-state index < -0.39 is 0 Å². The molecule has 8 nitrogen and oxygen atoms in total. The van der Waals surface area contributed by atoms with Crippen LogP contribution in [0.2, 0.25) is 0 Å². The number of nitrogens with zero attached hydrogens (tertiary/aromatic N) is 7. The summed E-state index contributed by atoms with van der Waals surface area (Å²) in [6, 6.07) is 0. The standard InChI is InChI=1S/C18H26BrN7O/c1-23-17-15(16(19)22-23)18(21-13-20-17)26-10-8-24(9-11-26)12-14(27)25-6-4-2-3-5-7-25/h13H,2-12H2,1H3. The van der Waals surface area contributed by atoms with Gasteiger partial charge in [-0.1, -0.05) is 12.8 Å². The van der Waals surface area contributed by atoms with Crippen LogP contribution in [0.1, 0.15) is 25.7 Å². The number of aryl methyl sites for hydroxylation is 1. The van der Waals surface area contributed by atoms with E-state index in [-0.39, 0.29) is 5.91 Å². The number of hydrogen-bond donors (Lipinski definition) is 0. The third-order valence-electron chi connectivity index (χ3n) is 5.55. The molecule has 0 unspecified atom stereocenters. The molecular weight excluding hydrogens is 410 g/mol. The van der Waals surface area contributed by atoms with E-state index in [0.717, 1.165) is 73.6 Å². The van der Waals surface area contributed by atoms with Crippen LogP contribution in [0, 0.1) is 0 Å². The van der Waals surface area contributed by atoms with Crippen LogP contribution in [0.5, 0.6) is 0 Å². The van der Waals surface area contributed by atoms with Crippen molar-refractivity contribution < 1.29 is 4.79 Å². The molecule has 2 fully saturated rings. The molecule has 0 bridgehead atoms. The van der Waals surface area contributed by atoms with Crippen molar-refractivity contribution in [3.05, 3.63) is 10.9 Å². The normalized spacial score (nSPS) is 19.5. The quantitative estimate of drug-likeness (QED) is 0.729. The van der Waals surface area contributed by atoms with Crippen molar-refractivity contribution in [1.82, 2.24) is 29.5 Å². The first kappa shape index (κ1) is 18.6. The maximum atomic E-state index is 12.6. The van der Waals surface area contributed by atoms with Crippen molar-refractivity contribution in [2.24, 2.45) is 7.05 Å². The van der Waals surface area contributed by atoms with Gasteiger partial charge in [0.25, 0.3) is 0 Å². The van der Waals surface area contributed by atoms with E-state index >= 15 is 0 Å². The van der Waals surface area contributed by atoms with Crippen LogP contribution in [0.4, 0.5) is 5.82 Å². The lowest BCUT2D eigenvalue weighted by Gasteiger charge is -2.36.